The Bertz CT molecular complexity index is 408. The first-order chi connectivity index (χ1) is 7.08. The minimum absolute atomic E-state index is 0.188. The van der Waals surface area contributed by atoms with Gasteiger partial charge in [-0.3, -0.25) is 4.79 Å². The van der Waals surface area contributed by atoms with Gasteiger partial charge in [-0.05, 0) is 27.6 Å². The number of aromatic nitrogens is 1. The van der Waals surface area contributed by atoms with E-state index in [1.54, 1.807) is 11.1 Å². The van der Waals surface area contributed by atoms with Crippen molar-refractivity contribution in [3.05, 3.63) is 22.3 Å². The summed E-state index contributed by atoms with van der Waals surface area (Å²) >= 11 is 3.34. The third kappa shape index (κ3) is 1.97. The highest BCUT2D eigenvalue weighted by Crippen LogP contribution is 2.29. The van der Waals surface area contributed by atoms with E-state index >= 15 is 0 Å². The molecule has 1 aliphatic rings. The standard InChI is InChI=1S/C10H12BrN3O/c1-14-5-7(3-9(14)15)6-2-8(11)10(12)13-4-6/h2,4,7H,3,5H2,1H3,(H2,12,13)/t7-/m1/s1. The molecule has 1 aromatic rings. The molecule has 15 heavy (non-hydrogen) atoms. The molecular formula is C10H12BrN3O. The Morgan fingerprint density at radius 3 is 2.93 bits per heavy atom. The number of amides is 1. The van der Waals surface area contributed by atoms with Crippen molar-refractivity contribution >= 4 is 27.7 Å². The molecule has 5 heteroatoms. The molecule has 2 N–H and O–H groups in total. The normalized spacial score (nSPS) is 21.1. The molecule has 0 aromatic carbocycles. The van der Waals surface area contributed by atoms with Crippen LogP contribution in [0.15, 0.2) is 16.7 Å². The second-order valence-electron chi connectivity index (χ2n) is 3.81. The first-order valence-electron chi connectivity index (χ1n) is 4.73. The number of hydrogen-bond acceptors (Lipinski definition) is 3. The highest BCUT2D eigenvalue weighted by atomic mass is 79.9. The molecule has 1 aromatic heterocycles. The Morgan fingerprint density at radius 1 is 1.67 bits per heavy atom. The van der Waals surface area contributed by atoms with Gasteiger partial charge in [-0.1, -0.05) is 0 Å². The summed E-state index contributed by atoms with van der Waals surface area (Å²) < 4.78 is 0.794. The van der Waals surface area contributed by atoms with Gasteiger partial charge in [-0.25, -0.2) is 4.98 Å². The average molecular weight is 270 g/mol. The van der Waals surface area contributed by atoms with Crippen molar-refractivity contribution in [3.8, 4) is 0 Å². The number of carbonyl (C=O) groups excluding carboxylic acids is 1. The second kappa shape index (κ2) is 3.81. The van der Waals surface area contributed by atoms with E-state index in [0.29, 0.717) is 12.2 Å². The van der Waals surface area contributed by atoms with E-state index in [9.17, 15) is 4.79 Å². The SMILES string of the molecule is CN1C[C@H](c2cnc(N)c(Br)c2)CC1=O. The molecular weight excluding hydrogens is 258 g/mol. The van der Waals surface area contributed by atoms with Gasteiger partial charge in [-0.2, -0.15) is 0 Å². The molecule has 1 amide bonds. The monoisotopic (exact) mass is 269 g/mol. The number of rotatable bonds is 1. The molecule has 2 rings (SSSR count). The molecule has 80 valence electrons. The van der Waals surface area contributed by atoms with Crippen LogP contribution < -0.4 is 5.73 Å². The fraction of sp³-hybridized carbons (Fsp3) is 0.400. The van der Waals surface area contributed by atoms with Crippen LogP contribution in [-0.4, -0.2) is 29.4 Å². The van der Waals surface area contributed by atoms with E-state index in [4.69, 9.17) is 5.73 Å². The summed E-state index contributed by atoms with van der Waals surface area (Å²) in [5.74, 6) is 0.913. The molecule has 0 radical (unpaired) electrons. The molecule has 1 aliphatic heterocycles. The van der Waals surface area contributed by atoms with Crippen LogP contribution in [0, 0.1) is 0 Å². The van der Waals surface area contributed by atoms with Gasteiger partial charge < -0.3 is 10.6 Å². The predicted molar refractivity (Wildman–Crippen MR) is 61.3 cm³/mol. The molecule has 2 heterocycles. The summed E-state index contributed by atoms with van der Waals surface area (Å²) in [5, 5.41) is 0. The van der Waals surface area contributed by atoms with Crippen molar-refractivity contribution in [3.63, 3.8) is 0 Å². The van der Waals surface area contributed by atoms with E-state index < -0.39 is 0 Å². The summed E-state index contributed by atoms with van der Waals surface area (Å²) in [4.78, 5) is 17.2. The van der Waals surface area contributed by atoms with Crippen molar-refractivity contribution in [2.24, 2.45) is 0 Å². The predicted octanol–water partition coefficient (Wildman–Crippen LogP) is 1.37. The Kier molecular flexibility index (Phi) is 2.65. The number of likely N-dealkylation sites (N-methyl/N-ethyl adjacent to an activating group) is 1. The summed E-state index contributed by atoms with van der Waals surface area (Å²) in [6, 6.07) is 1.94. The van der Waals surface area contributed by atoms with Crippen LogP contribution >= 0.6 is 15.9 Å². The van der Waals surface area contributed by atoms with Gasteiger partial charge in [0.15, 0.2) is 0 Å². The molecule has 1 atom stereocenters. The zero-order valence-electron chi connectivity index (χ0n) is 8.40. The van der Waals surface area contributed by atoms with Crippen molar-refractivity contribution in [2.75, 3.05) is 19.3 Å². The number of likely N-dealkylation sites (tertiary alicyclic amines) is 1. The van der Waals surface area contributed by atoms with Gasteiger partial charge in [0.25, 0.3) is 0 Å². The largest absolute Gasteiger partial charge is 0.383 e. The Hall–Kier alpha value is -1.10. The van der Waals surface area contributed by atoms with E-state index in [1.807, 2.05) is 13.1 Å². The van der Waals surface area contributed by atoms with E-state index in [0.717, 1.165) is 16.6 Å². The number of carbonyl (C=O) groups is 1. The quantitative estimate of drug-likeness (QED) is 0.838. The van der Waals surface area contributed by atoms with E-state index in [1.165, 1.54) is 0 Å². The molecule has 4 nitrogen and oxygen atoms in total. The lowest BCUT2D eigenvalue weighted by atomic mass is 10.0. The molecule has 0 aliphatic carbocycles. The highest BCUT2D eigenvalue weighted by Gasteiger charge is 2.28. The zero-order valence-corrected chi connectivity index (χ0v) is 9.99. The fourth-order valence-electron chi connectivity index (χ4n) is 1.77. The number of nitrogen functional groups attached to an aromatic ring is 1. The van der Waals surface area contributed by atoms with Crippen LogP contribution in [0.25, 0.3) is 0 Å². The smallest absolute Gasteiger partial charge is 0.223 e. The summed E-state index contributed by atoms with van der Waals surface area (Å²) in [6.45, 7) is 0.761. The lowest BCUT2D eigenvalue weighted by Gasteiger charge is -2.10. The molecule has 0 bridgehead atoms. The molecule has 1 fully saturated rings. The lowest BCUT2D eigenvalue weighted by molar-refractivity contribution is -0.126. The average Bonchev–Trinajstić information content (AvgIpc) is 2.52. The topological polar surface area (TPSA) is 59.2 Å². The van der Waals surface area contributed by atoms with Crippen LogP contribution in [-0.2, 0) is 4.79 Å². The maximum absolute atomic E-state index is 11.4. The fourth-order valence-corrected chi connectivity index (χ4v) is 2.14. The summed E-state index contributed by atoms with van der Waals surface area (Å²) in [6.07, 6.45) is 2.31. The maximum Gasteiger partial charge on any atom is 0.223 e. The first-order valence-corrected chi connectivity index (χ1v) is 5.52. The minimum Gasteiger partial charge on any atom is -0.383 e. The van der Waals surface area contributed by atoms with Crippen LogP contribution in [0.3, 0.4) is 0 Å². The summed E-state index contributed by atoms with van der Waals surface area (Å²) in [7, 11) is 1.82. The molecule has 0 unspecified atom stereocenters. The molecule has 0 spiro atoms. The van der Waals surface area contributed by atoms with Crippen LogP contribution in [0.5, 0.6) is 0 Å². The van der Waals surface area contributed by atoms with E-state index in [2.05, 4.69) is 20.9 Å². The van der Waals surface area contributed by atoms with E-state index in [-0.39, 0.29) is 11.8 Å². The van der Waals surface area contributed by atoms with Gasteiger partial charge in [0, 0.05) is 32.1 Å². The van der Waals surface area contributed by atoms with Crippen molar-refractivity contribution < 1.29 is 4.79 Å². The zero-order chi connectivity index (χ0) is 11.0. The maximum atomic E-state index is 11.4. The van der Waals surface area contributed by atoms with Gasteiger partial charge in [0.05, 0.1) is 4.47 Å². The Labute approximate surface area is 96.6 Å². The van der Waals surface area contributed by atoms with Crippen molar-refractivity contribution in [2.45, 2.75) is 12.3 Å². The Balaban J connectivity index is 2.24. The van der Waals surface area contributed by atoms with Gasteiger partial charge in [0.1, 0.15) is 5.82 Å². The number of pyridine rings is 1. The third-order valence-corrected chi connectivity index (χ3v) is 3.34. The van der Waals surface area contributed by atoms with Gasteiger partial charge in [-0.15, -0.1) is 0 Å². The Morgan fingerprint density at radius 2 is 2.40 bits per heavy atom. The number of hydrogen-bond donors (Lipinski definition) is 1. The van der Waals surface area contributed by atoms with Crippen LogP contribution in [0.2, 0.25) is 0 Å². The summed E-state index contributed by atoms with van der Waals surface area (Å²) in [5.41, 5.74) is 6.67. The highest BCUT2D eigenvalue weighted by molar-refractivity contribution is 9.10. The van der Waals surface area contributed by atoms with Crippen LogP contribution in [0.4, 0.5) is 5.82 Å². The molecule has 0 saturated carbocycles. The van der Waals surface area contributed by atoms with Gasteiger partial charge >= 0.3 is 0 Å². The third-order valence-electron chi connectivity index (χ3n) is 2.70. The number of anilines is 1. The van der Waals surface area contributed by atoms with Crippen LogP contribution in [0.1, 0.15) is 17.9 Å². The lowest BCUT2D eigenvalue weighted by Crippen LogP contribution is -2.18. The number of halogens is 1. The van der Waals surface area contributed by atoms with Gasteiger partial charge in [0.2, 0.25) is 5.91 Å². The number of nitrogens with zero attached hydrogens (tertiary/aromatic N) is 2. The first kappa shape index (κ1) is 10.4. The second-order valence-corrected chi connectivity index (χ2v) is 4.67. The molecule has 1 saturated heterocycles. The van der Waals surface area contributed by atoms with Crippen molar-refractivity contribution in [1.82, 2.24) is 9.88 Å². The number of nitrogens with two attached hydrogens (primary N) is 1. The van der Waals surface area contributed by atoms with Crippen molar-refractivity contribution in [1.29, 1.82) is 0 Å². The minimum atomic E-state index is 0.188.